The molecule has 4 heterocycles. The van der Waals surface area contributed by atoms with Crippen LogP contribution in [0, 0.1) is 0 Å². The van der Waals surface area contributed by atoms with E-state index < -0.39 is 0 Å². The molecular formula is C17H22N8O. The molecule has 2 amide bonds. The number of rotatable bonds is 2. The molecule has 2 saturated heterocycles. The Morgan fingerprint density at radius 2 is 1.12 bits per heavy atom. The van der Waals surface area contributed by atoms with Gasteiger partial charge in [-0.15, -0.1) is 10.2 Å². The van der Waals surface area contributed by atoms with Gasteiger partial charge in [-0.1, -0.05) is 0 Å². The van der Waals surface area contributed by atoms with Gasteiger partial charge in [0.05, 0.1) is 0 Å². The Labute approximate surface area is 152 Å². The summed E-state index contributed by atoms with van der Waals surface area (Å²) in [6, 6.07) is 7.81. The maximum atomic E-state index is 12.8. The number of urea groups is 1. The summed E-state index contributed by atoms with van der Waals surface area (Å²) < 4.78 is 0. The minimum atomic E-state index is 0.127. The Morgan fingerprint density at radius 3 is 1.46 bits per heavy atom. The van der Waals surface area contributed by atoms with Crippen molar-refractivity contribution < 1.29 is 4.79 Å². The number of piperazine rings is 2. The molecule has 0 aromatic carbocycles. The molecule has 0 unspecified atom stereocenters. The van der Waals surface area contributed by atoms with Crippen molar-refractivity contribution in [1.29, 1.82) is 0 Å². The maximum Gasteiger partial charge on any atom is 0.320 e. The average Bonchev–Trinajstić information content (AvgIpc) is 2.75. The Hall–Kier alpha value is -2.97. The summed E-state index contributed by atoms with van der Waals surface area (Å²) in [5.74, 6) is 1.74. The quantitative estimate of drug-likeness (QED) is 0.769. The van der Waals surface area contributed by atoms with E-state index in [2.05, 4.69) is 30.2 Å². The Balaban J connectivity index is 1.28. The van der Waals surface area contributed by atoms with E-state index in [-0.39, 0.29) is 6.03 Å². The van der Waals surface area contributed by atoms with Gasteiger partial charge in [-0.3, -0.25) is 0 Å². The first kappa shape index (κ1) is 16.5. The van der Waals surface area contributed by atoms with Gasteiger partial charge in [0.25, 0.3) is 0 Å². The molecule has 2 aliphatic rings. The SMILES string of the molecule is O=C(N1CCN(c2cccnn2)CC1)N1CCN(c2cccnn2)CC1. The molecule has 2 aliphatic heterocycles. The van der Waals surface area contributed by atoms with Crippen LogP contribution < -0.4 is 9.80 Å². The number of hydrogen-bond donors (Lipinski definition) is 0. The highest BCUT2D eigenvalue weighted by Crippen LogP contribution is 2.15. The van der Waals surface area contributed by atoms with E-state index in [0.717, 1.165) is 37.8 Å². The van der Waals surface area contributed by atoms with Gasteiger partial charge in [0, 0.05) is 64.8 Å². The van der Waals surface area contributed by atoms with Crippen molar-refractivity contribution in [3.8, 4) is 0 Å². The first-order valence-electron chi connectivity index (χ1n) is 8.90. The Morgan fingerprint density at radius 1 is 0.692 bits per heavy atom. The molecule has 26 heavy (non-hydrogen) atoms. The summed E-state index contributed by atoms with van der Waals surface area (Å²) in [5.41, 5.74) is 0. The lowest BCUT2D eigenvalue weighted by atomic mass is 10.3. The van der Waals surface area contributed by atoms with Crippen molar-refractivity contribution in [3.63, 3.8) is 0 Å². The summed E-state index contributed by atoms with van der Waals surface area (Å²) in [6.07, 6.45) is 3.34. The van der Waals surface area contributed by atoms with Crippen LogP contribution in [0.25, 0.3) is 0 Å². The molecule has 0 spiro atoms. The van der Waals surface area contributed by atoms with E-state index in [1.165, 1.54) is 0 Å². The van der Waals surface area contributed by atoms with Crippen LogP contribution in [0.1, 0.15) is 0 Å². The van der Waals surface area contributed by atoms with Gasteiger partial charge in [0.2, 0.25) is 0 Å². The second-order valence-corrected chi connectivity index (χ2v) is 6.39. The minimum absolute atomic E-state index is 0.127. The maximum absolute atomic E-state index is 12.8. The predicted octanol–water partition coefficient (Wildman–Crippen LogP) is 0.331. The van der Waals surface area contributed by atoms with Gasteiger partial charge in [-0.2, -0.15) is 10.2 Å². The number of hydrogen-bond acceptors (Lipinski definition) is 7. The third-order valence-corrected chi connectivity index (χ3v) is 4.86. The lowest BCUT2D eigenvalue weighted by molar-refractivity contribution is 0.147. The molecule has 0 bridgehead atoms. The van der Waals surface area contributed by atoms with Crippen LogP contribution in [0.15, 0.2) is 36.7 Å². The van der Waals surface area contributed by atoms with Crippen LogP contribution in [0.3, 0.4) is 0 Å². The van der Waals surface area contributed by atoms with E-state index >= 15 is 0 Å². The largest absolute Gasteiger partial charge is 0.352 e. The molecule has 9 nitrogen and oxygen atoms in total. The standard InChI is InChI=1S/C17H22N8O/c26-17(24-11-7-22(8-12-24)15-3-1-5-18-20-15)25-13-9-23(10-14-25)16-4-2-6-19-21-16/h1-6H,7-14H2. The van der Waals surface area contributed by atoms with E-state index in [4.69, 9.17) is 0 Å². The van der Waals surface area contributed by atoms with E-state index in [0.29, 0.717) is 26.2 Å². The zero-order chi connectivity index (χ0) is 17.8. The van der Waals surface area contributed by atoms with Gasteiger partial charge in [-0.25, -0.2) is 4.79 Å². The Kier molecular flexibility index (Phi) is 4.76. The highest BCUT2D eigenvalue weighted by Gasteiger charge is 2.28. The topological polar surface area (TPSA) is 81.6 Å². The zero-order valence-electron chi connectivity index (χ0n) is 14.6. The van der Waals surface area contributed by atoms with Crippen molar-refractivity contribution in [2.75, 3.05) is 62.2 Å². The molecule has 0 aliphatic carbocycles. The first-order valence-corrected chi connectivity index (χ1v) is 8.90. The van der Waals surface area contributed by atoms with Crippen molar-refractivity contribution in [2.24, 2.45) is 0 Å². The zero-order valence-corrected chi connectivity index (χ0v) is 14.6. The fourth-order valence-electron chi connectivity index (χ4n) is 3.38. The molecule has 4 rings (SSSR count). The van der Waals surface area contributed by atoms with E-state index in [9.17, 15) is 4.79 Å². The molecular weight excluding hydrogens is 332 g/mol. The van der Waals surface area contributed by atoms with Gasteiger partial charge < -0.3 is 19.6 Å². The summed E-state index contributed by atoms with van der Waals surface area (Å²) in [6.45, 7) is 5.96. The second kappa shape index (κ2) is 7.51. The molecule has 0 saturated carbocycles. The number of aromatic nitrogens is 4. The average molecular weight is 354 g/mol. The number of amides is 2. The number of anilines is 2. The summed E-state index contributed by atoms with van der Waals surface area (Å²) >= 11 is 0. The fraction of sp³-hybridized carbons (Fsp3) is 0.471. The van der Waals surface area contributed by atoms with Gasteiger partial charge in [0.15, 0.2) is 11.6 Å². The number of carbonyl (C=O) groups is 1. The summed E-state index contributed by atoms with van der Waals surface area (Å²) in [5, 5.41) is 16.1. The van der Waals surface area contributed by atoms with Crippen LogP contribution in [-0.4, -0.2) is 88.6 Å². The second-order valence-electron chi connectivity index (χ2n) is 6.39. The first-order chi connectivity index (χ1) is 12.8. The Bertz CT molecular complexity index is 651. The van der Waals surface area contributed by atoms with Crippen LogP contribution in [0.2, 0.25) is 0 Å². The molecule has 9 heteroatoms. The molecule has 0 radical (unpaired) electrons. The lowest BCUT2D eigenvalue weighted by Gasteiger charge is -2.40. The predicted molar refractivity (Wildman–Crippen MR) is 97.0 cm³/mol. The lowest BCUT2D eigenvalue weighted by Crippen LogP contribution is -2.57. The third-order valence-electron chi connectivity index (χ3n) is 4.86. The van der Waals surface area contributed by atoms with E-state index in [1.54, 1.807) is 12.4 Å². The van der Waals surface area contributed by atoms with Crippen LogP contribution >= 0.6 is 0 Å². The van der Waals surface area contributed by atoms with Crippen molar-refractivity contribution in [1.82, 2.24) is 30.2 Å². The number of carbonyl (C=O) groups excluding carboxylic acids is 1. The van der Waals surface area contributed by atoms with Crippen LogP contribution in [-0.2, 0) is 0 Å². The van der Waals surface area contributed by atoms with Crippen LogP contribution in [0.4, 0.5) is 16.4 Å². The monoisotopic (exact) mass is 354 g/mol. The van der Waals surface area contributed by atoms with Gasteiger partial charge in [-0.05, 0) is 24.3 Å². The molecule has 0 N–H and O–H groups in total. The highest BCUT2D eigenvalue weighted by atomic mass is 16.2. The molecule has 2 fully saturated rings. The van der Waals surface area contributed by atoms with Gasteiger partial charge >= 0.3 is 6.03 Å². The van der Waals surface area contributed by atoms with E-state index in [1.807, 2.05) is 34.1 Å². The smallest absolute Gasteiger partial charge is 0.320 e. The summed E-state index contributed by atoms with van der Waals surface area (Å²) in [4.78, 5) is 21.0. The molecule has 136 valence electrons. The summed E-state index contributed by atoms with van der Waals surface area (Å²) in [7, 11) is 0. The highest BCUT2D eigenvalue weighted by molar-refractivity contribution is 5.75. The van der Waals surface area contributed by atoms with Crippen molar-refractivity contribution >= 4 is 17.7 Å². The fourth-order valence-corrected chi connectivity index (χ4v) is 3.38. The van der Waals surface area contributed by atoms with Crippen molar-refractivity contribution in [2.45, 2.75) is 0 Å². The normalized spacial score (nSPS) is 18.2. The number of nitrogens with zero attached hydrogens (tertiary/aromatic N) is 8. The molecule has 2 aromatic rings. The molecule has 0 atom stereocenters. The van der Waals surface area contributed by atoms with Crippen LogP contribution in [0.5, 0.6) is 0 Å². The van der Waals surface area contributed by atoms with Gasteiger partial charge in [0.1, 0.15) is 0 Å². The van der Waals surface area contributed by atoms with Crippen molar-refractivity contribution in [3.05, 3.63) is 36.7 Å². The third kappa shape index (κ3) is 3.51. The molecule has 2 aromatic heterocycles. The minimum Gasteiger partial charge on any atom is -0.352 e.